The van der Waals surface area contributed by atoms with Crippen LogP contribution < -0.4 is 16.0 Å². The van der Waals surface area contributed by atoms with Gasteiger partial charge in [-0.3, -0.25) is 4.79 Å². The van der Waals surface area contributed by atoms with Crippen LogP contribution in [0.4, 0.5) is 4.79 Å². The lowest BCUT2D eigenvalue weighted by Gasteiger charge is -2.07. The van der Waals surface area contributed by atoms with Gasteiger partial charge in [-0.2, -0.15) is 0 Å². The van der Waals surface area contributed by atoms with E-state index in [1.54, 1.807) is 7.11 Å². The summed E-state index contributed by atoms with van der Waals surface area (Å²) in [5, 5.41) is 7.72. The van der Waals surface area contributed by atoms with E-state index >= 15 is 0 Å². The molecule has 94 valence electrons. The summed E-state index contributed by atoms with van der Waals surface area (Å²) in [4.78, 5) is 22.3. The van der Waals surface area contributed by atoms with Gasteiger partial charge in [0.05, 0.1) is 13.2 Å². The monoisotopic (exact) mass is 231 g/mol. The van der Waals surface area contributed by atoms with Gasteiger partial charge < -0.3 is 20.7 Å². The predicted octanol–water partition coefficient (Wildman–Crippen LogP) is -0.152. The first-order chi connectivity index (χ1) is 7.70. The molecule has 6 nitrogen and oxygen atoms in total. The fraction of sp³-hybridized carbons (Fsp3) is 0.800. The number of hydrogen-bond acceptors (Lipinski definition) is 3. The van der Waals surface area contributed by atoms with Gasteiger partial charge in [0.15, 0.2) is 0 Å². The molecule has 0 aliphatic rings. The maximum absolute atomic E-state index is 11.1. The van der Waals surface area contributed by atoms with E-state index in [0.29, 0.717) is 19.7 Å². The van der Waals surface area contributed by atoms with E-state index in [4.69, 9.17) is 4.74 Å². The molecule has 0 radical (unpaired) electrons. The Bertz CT molecular complexity index is 187. The third-order valence-electron chi connectivity index (χ3n) is 1.85. The summed E-state index contributed by atoms with van der Waals surface area (Å²) in [5.41, 5.74) is 0. The minimum atomic E-state index is -0.310. The number of hydrogen-bond donors (Lipinski definition) is 3. The number of amides is 3. The van der Waals surface area contributed by atoms with Crippen LogP contribution in [0, 0.1) is 0 Å². The molecule has 0 atom stereocenters. The lowest BCUT2D eigenvalue weighted by Crippen LogP contribution is -2.42. The van der Waals surface area contributed by atoms with Gasteiger partial charge in [0.1, 0.15) is 0 Å². The number of nitrogens with one attached hydrogen (secondary N) is 3. The van der Waals surface area contributed by atoms with E-state index < -0.39 is 0 Å². The molecule has 0 aromatic rings. The molecule has 16 heavy (non-hydrogen) atoms. The summed E-state index contributed by atoms with van der Waals surface area (Å²) in [7, 11) is 1.56. The van der Waals surface area contributed by atoms with E-state index in [-0.39, 0.29) is 18.5 Å². The quantitative estimate of drug-likeness (QED) is 0.508. The maximum atomic E-state index is 11.1. The molecule has 0 bridgehead atoms. The summed E-state index contributed by atoms with van der Waals surface area (Å²) in [6.07, 6.45) is 1.96. The molecule has 6 heteroatoms. The normalized spacial score (nSPS) is 9.62. The fourth-order valence-corrected chi connectivity index (χ4v) is 0.957. The first kappa shape index (κ1) is 14.7. The van der Waals surface area contributed by atoms with Crippen LogP contribution >= 0.6 is 0 Å². The highest BCUT2D eigenvalue weighted by Crippen LogP contribution is 1.81. The molecular formula is C10H21N3O3. The Morgan fingerprint density at radius 3 is 2.50 bits per heavy atom. The number of carbonyl (C=O) groups is 2. The van der Waals surface area contributed by atoms with E-state index in [9.17, 15) is 9.59 Å². The van der Waals surface area contributed by atoms with Crippen molar-refractivity contribution >= 4 is 11.9 Å². The topological polar surface area (TPSA) is 79.5 Å². The number of unbranched alkanes of at least 4 members (excludes halogenated alkanes) is 1. The summed E-state index contributed by atoms with van der Waals surface area (Å²) in [6, 6.07) is -0.310. The standard InChI is InChI=1S/C10H21N3O3/c1-3-4-5-12-10(15)13-8-9(14)11-6-7-16-2/h3-8H2,1-2H3,(H,11,14)(H2,12,13,15). The second-order valence-corrected chi connectivity index (χ2v) is 3.31. The average Bonchev–Trinajstić information content (AvgIpc) is 2.27. The van der Waals surface area contributed by atoms with Crippen LogP contribution in [0.15, 0.2) is 0 Å². The highest BCUT2D eigenvalue weighted by molar-refractivity contribution is 5.83. The smallest absolute Gasteiger partial charge is 0.315 e. The van der Waals surface area contributed by atoms with Crippen molar-refractivity contribution in [3.63, 3.8) is 0 Å². The van der Waals surface area contributed by atoms with Crippen LogP contribution in [0.25, 0.3) is 0 Å². The van der Waals surface area contributed by atoms with Crippen molar-refractivity contribution < 1.29 is 14.3 Å². The molecule has 0 aliphatic heterocycles. The van der Waals surface area contributed by atoms with Crippen LogP contribution in [0.2, 0.25) is 0 Å². The van der Waals surface area contributed by atoms with E-state index in [1.807, 2.05) is 6.92 Å². The van der Waals surface area contributed by atoms with Crippen molar-refractivity contribution in [1.82, 2.24) is 16.0 Å². The van der Waals surface area contributed by atoms with Gasteiger partial charge in [0.2, 0.25) is 5.91 Å². The molecule has 0 aromatic carbocycles. The van der Waals surface area contributed by atoms with Gasteiger partial charge in [-0.15, -0.1) is 0 Å². The fourth-order valence-electron chi connectivity index (χ4n) is 0.957. The Balaban J connectivity index is 3.40. The lowest BCUT2D eigenvalue weighted by molar-refractivity contribution is -0.120. The second kappa shape index (κ2) is 10.2. The van der Waals surface area contributed by atoms with Crippen LogP contribution in [0.5, 0.6) is 0 Å². The van der Waals surface area contributed by atoms with Gasteiger partial charge in [-0.05, 0) is 6.42 Å². The zero-order valence-electron chi connectivity index (χ0n) is 9.97. The maximum Gasteiger partial charge on any atom is 0.315 e. The summed E-state index contributed by atoms with van der Waals surface area (Å²) < 4.78 is 4.77. The minimum Gasteiger partial charge on any atom is -0.383 e. The zero-order chi connectivity index (χ0) is 12.2. The zero-order valence-corrected chi connectivity index (χ0v) is 9.97. The van der Waals surface area contributed by atoms with Crippen molar-refractivity contribution in [2.24, 2.45) is 0 Å². The first-order valence-electron chi connectivity index (χ1n) is 5.48. The predicted molar refractivity (Wildman–Crippen MR) is 61.2 cm³/mol. The molecule has 0 rings (SSSR count). The van der Waals surface area contributed by atoms with Crippen LogP contribution in [-0.4, -0.2) is 45.3 Å². The molecule has 3 amide bonds. The molecule has 0 unspecified atom stereocenters. The van der Waals surface area contributed by atoms with Crippen LogP contribution in [0.3, 0.4) is 0 Å². The first-order valence-corrected chi connectivity index (χ1v) is 5.48. The molecule has 0 spiro atoms. The summed E-state index contributed by atoms with van der Waals surface area (Å²) in [5.74, 6) is -0.220. The molecule has 0 saturated carbocycles. The van der Waals surface area contributed by atoms with Gasteiger partial charge in [-0.1, -0.05) is 13.3 Å². The van der Waals surface area contributed by atoms with Crippen molar-refractivity contribution in [2.45, 2.75) is 19.8 Å². The average molecular weight is 231 g/mol. The molecule has 0 heterocycles. The molecule has 0 aromatic heterocycles. The number of ether oxygens (including phenoxy) is 1. The molecule has 0 fully saturated rings. The van der Waals surface area contributed by atoms with Crippen LogP contribution in [0.1, 0.15) is 19.8 Å². The van der Waals surface area contributed by atoms with Crippen molar-refractivity contribution in [3.05, 3.63) is 0 Å². The Morgan fingerprint density at radius 2 is 1.88 bits per heavy atom. The Labute approximate surface area is 96.1 Å². The highest BCUT2D eigenvalue weighted by Gasteiger charge is 2.03. The van der Waals surface area contributed by atoms with Gasteiger partial charge >= 0.3 is 6.03 Å². The van der Waals surface area contributed by atoms with Gasteiger partial charge in [-0.25, -0.2) is 4.79 Å². The Hall–Kier alpha value is -1.30. The Kier molecular flexibility index (Phi) is 9.39. The third-order valence-corrected chi connectivity index (χ3v) is 1.85. The van der Waals surface area contributed by atoms with E-state index in [2.05, 4.69) is 16.0 Å². The largest absolute Gasteiger partial charge is 0.383 e. The number of methoxy groups -OCH3 is 1. The minimum absolute atomic E-state index is 0.0122. The lowest BCUT2D eigenvalue weighted by atomic mass is 10.3. The van der Waals surface area contributed by atoms with Crippen molar-refractivity contribution in [3.8, 4) is 0 Å². The molecule has 3 N–H and O–H groups in total. The van der Waals surface area contributed by atoms with Crippen LogP contribution in [-0.2, 0) is 9.53 Å². The number of urea groups is 1. The molecule has 0 aliphatic carbocycles. The highest BCUT2D eigenvalue weighted by atomic mass is 16.5. The number of carbonyl (C=O) groups excluding carboxylic acids is 2. The second-order valence-electron chi connectivity index (χ2n) is 3.31. The third kappa shape index (κ3) is 9.26. The molecular weight excluding hydrogens is 210 g/mol. The van der Waals surface area contributed by atoms with E-state index in [1.165, 1.54) is 0 Å². The SMILES string of the molecule is CCCCNC(=O)NCC(=O)NCCOC. The van der Waals surface area contributed by atoms with Gasteiger partial charge in [0, 0.05) is 20.2 Å². The molecule has 0 saturated heterocycles. The summed E-state index contributed by atoms with van der Waals surface area (Å²) in [6.45, 7) is 3.58. The van der Waals surface area contributed by atoms with E-state index in [0.717, 1.165) is 12.8 Å². The van der Waals surface area contributed by atoms with Gasteiger partial charge in [0.25, 0.3) is 0 Å². The summed E-state index contributed by atoms with van der Waals surface area (Å²) >= 11 is 0. The number of rotatable bonds is 8. The van der Waals surface area contributed by atoms with Crippen molar-refractivity contribution in [2.75, 3.05) is 33.4 Å². The Morgan fingerprint density at radius 1 is 1.12 bits per heavy atom. The van der Waals surface area contributed by atoms with Crippen molar-refractivity contribution in [1.29, 1.82) is 0 Å².